The fourth-order valence-electron chi connectivity index (χ4n) is 5.17. The second-order valence-corrected chi connectivity index (χ2v) is 8.74. The van der Waals surface area contributed by atoms with Gasteiger partial charge in [-0.3, -0.25) is 0 Å². The highest BCUT2D eigenvalue weighted by Gasteiger charge is 2.55. The Hall–Kier alpha value is -1.56. The van der Waals surface area contributed by atoms with Gasteiger partial charge in [0.25, 0.3) is 0 Å². The van der Waals surface area contributed by atoms with Crippen LogP contribution in [0.5, 0.6) is 0 Å². The van der Waals surface area contributed by atoms with Crippen LogP contribution in [0.3, 0.4) is 0 Å². The van der Waals surface area contributed by atoms with Crippen molar-refractivity contribution in [2.75, 3.05) is 0 Å². The Kier molecular flexibility index (Phi) is 3.29. The summed E-state index contributed by atoms with van der Waals surface area (Å²) in [5.74, 6) is 0. The highest BCUT2D eigenvalue weighted by atomic mass is 14.6. The van der Waals surface area contributed by atoms with Crippen LogP contribution in [0.4, 0.5) is 0 Å². The summed E-state index contributed by atoms with van der Waals surface area (Å²) in [5, 5.41) is 0. The van der Waals surface area contributed by atoms with Gasteiger partial charge in [-0.25, -0.2) is 0 Å². The molecule has 0 N–H and O–H groups in total. The van der Waals surface area contributed by atoms with Crippen LogP contribution >= 0.6 is 0 Å². The Bertz CT molecular complexity index is 631. The Labute approximate surface area is 135 Å². The SMILES string of the molecule is CC(C)(C)C1(C(C)(C)C)c2ccccc2Cc2ccccc21. The van der Waals surface area contributed by atoms with Gasteiger partial charge in [0.2, 0.25) is 0 Å². The normalized spacial score (nSPS) is 16.8. The molecule has 0 nitrogen and oxygen atoms in total. The van der Waals surface area contributed by atoms with Gasteiger partial charge in [-0.05, 0) is 39.5 Å². The maximum atomic E-state index is 2.40. The summed E-state index contributed by atoms with van der Waals surface area (Å²) in [7, 11) is 0. The van der Waals surface area contributed by atoms with Crippen LogP contribution in [0, 0.1) is 10.8 Å². The van der Waals surface area contributed by atoms with Gasteiger partial charge in [-0.2, -0.15) is 0 Å². The van der Waals surface area contributed by atoms with E-state index in [-0.39, 0.29) is 16.2 Å². The first-order valence-corrected chi connectivity index (χ1v) is 8.36. The minimum Gasteiger partial charge on any atom is -0.0620 e. The molecule has 2 aromatic rings. The minimum atomic E-state index is 0.0193. The van der Waals surface area contributed by atoms with Crippen molar-refractivity contribution in [3.05, 3.63) is 70.8 Å². The van der Waals surface area contributed by atoms with E-state index in [1.807, 2.05) is 0 Å². The van der Waals surface area contributed by atoms with Crippen LogP contribution in [0.2, 0.25) is 0 Å². The molecule has 0 bridgehead atoms. The number of fused-ring (bicyclic) bond motifs is 2. The van der Waals surface area contributed by atoms with Crippen molar-refractivity contribution in [1.82, 2.24) is 0 Å². The van der Waals surface area contributed by atoms with E-state index >= 15 is 0 Å². The molecular weight excluding hydrogens is 264 g/mol. The molecule has 0 radical (unpaired) electrons. The zero-order chi connectivity index (χ0) is 16.2. The second kappa shape index (κ2) is 4.72. The van der Waals surface area contributed by atoms with E-state index in [1.54, 1.807) is 0 Å². The fourth-order valence-corrected chi connectivity index (χ4v) is 5.17. The average Bonchev–Trinajstić information content (AvgIpc) is 2.41. The van der Waals surface area contributed by atoms with Gasteiger partial charge >= 0.3 is 0 Å². The van der Waals surface area contributed by atoms with E-state index in [1.165, 1.54) is 22.3 Å². The molecule has 0 aliphatic heterocycles. The number of hydrogen-bond donors (Lipinski definition) is 0. The molecular formula is C22H28. The first kappa shape index (κ1) is 15.3. The molecule has 0 amide bonds. The molecule has 0 heterocycles. The van der Waals surface area contributed by atoms with Gasteiger partial charge in [0.1, 0.15) is 0 Å². The Morgan fingerprint density at radius 3 is 1.36 bits per heavy atom. The highest BCUT2D eigenvalue weighted by molar-refractivity contribution is 5.56. The molecule has 0 spiro atoms. The molecule has 1 aliphatic rings. The summed E-state index contributed by atoms with van der Waals surface area (Å²) in [6, 6.07) is 18.1. The molecule has 0 saturated carbocycles. The molecule has 0 atom stereocenters. The van der Waals surface area contributed by atoms with Gasteiger partial charge in [-0.1, -0.05) is 90.1 Å². The van der Waals surface area contributed by atoms with Crippen molar-refractivity contribution in [2.24, 2.45) is 10.8 Å². The van der Waals surface area contributed by atoms with Gasteiger partial charge < -0.3 is 0 Å². The van der Waals surface area contributed by atoms with E-state index in [9.17, 15) is 0 Å². The van der Waals surface area contributed by atoms with Crippen molar-refractivity contribution in [2.45, 2.75) is 53.4 Å². The smallest absolute Gasteiger partial charge is 0.0305 e. The van der Waals surface area contributed by atoms with E-state index in [0.717, 1.165) is 6.42 Å². The van der Waals surface area contributed by atoms with Crippen LogP contribution in [-0.2, 0) is 11.8 Å². The van der Waals surface area contributed by atoms with Crippen molar-refractivity contribution < 1.29 is 0 Å². The summed E-state index contributed by atoms with van der Waals surface area (Å²) in [6.07, 6.45) is 1.06. The molecule has 0 aromatic heterocycles. The molecule has 2 aromatic carbocycles. The van der Waals surface area contributed by atoms with Crippen molar-refractivity contribution in [1.29, 1.82) is 0 Å². The molecule has 0 unspecified atom stereocenters. The lowest BCUT2D eigenvalue weighted by Gasteiger charge is -2.57. The summed E-state index contributed by atoms with van der Waals surface area (Å²) in [6.45, 7) is 14.4. The second-order valence-electron chi connectivity index (χ2n) is 8.74. The molecule has 0 saturated heterocycles. The Balaban J connectivity index is 2.48. The van der Waals surface area contributed by atoms with Gasteiger partial charge in [0, 0.05) is 5.41 Å². The van der Waals surface area contributed by atoms with Gasteiger partial charge in [-0.15, -0.1) is 0 Å². The summed E-state index contributed by atoms with van der Waals surface area (Å²) < 4.78 is 0. The predicted octanol–water partition coefficient (Wildman–Crippen LogP) is 5.97. The van der Waals surface area contributed by atoms with Gasteiger partial charge in [0.05, 0.1) is 0 Å². The molecule has 1 aliphatic carbocycles. The lowest BCUT2D eigenvalue weighted by Crippen LogP contribution is -2.53. The molecule has 116 valence electrons. The topological polar surface area (TPSA) is 0 Å². The average molecular weight is 292 g/mol. The summed E-state index contributed by atoms with van der Waals surface area (Å²) in [5.41, 5.74) is 6.32. The van der Waals surface area contributed by atoms with E-state index in [0.29, 0.717) is 0 Å². The molecule has 22 heavy (non-hydrogen) atoms. The zero-order valence-corrected chi connectivity index (χ0v) is 14.8. The monoisotopic (exact) mass is 292 g/mol. The maximum absolute atomic E-state index is 2.40. The van der Waals surface area contributed by atoms with Crippen LogP contribution in [-0.4, -0.2) is 0 Å². The lowest BCUT2D eigenvalue weighted by atomic mass is 9.46. The number of rotatable bonds is 0. The van der Waals surface area contributed by atoms with Crippen LogP contribution in [0.1, 0.15) is 63.8 Å². The van der Waals surface area contributed by atoms with Crippen LogP contribution in [0.15, 0.2) is 48.5 Å². The lowest BCUT2D eigenvalue weighted by molar-refractivity contribution is 0.0868. The first-order valence-electron chi connectivity index (χ1n) is 8.36. The standard InChI is InChI=1S/C22H28/c1-20(2,3)22(21(4,5)6)18-13-9-7-11-16(18)15-17-12-8-10-14-19(17)22/h7-14H,15H2,1-6H3. The highest BCUT2D eigenvalue weighted by Crippen LogP contribution is 2.60. The van der Waals surface area contributed by atoms with Crippen molar-refractivity contribution in [3.8, 4) is 0 Å². The molecule has 3 rings (SSSR count). The predicted molar refractivity (Wildman–Crippen MR) is 95.4 cm³/mol. The summed E-state index contributed by atoms with van der Waals surface area (Å²) >= 11 is 0. The maximum Gasteiger partial charge on any atom is 0.0305 e. The third-order valence-corrected chi connectivity index (χ3v) is 5.47. The van der Waals surface area contributed by atoms with Crippen LogP contribution < -0.4 is 0 Å². The third kappa shape index (κ3) is 1.89. The van der Waals surface area contributed by atoms with Crippen LogP contribution in [0.25, 0.3) is 0 Å². The number of hydrogen-bond acceptors (Lipinski definition) is 0. The quantitative estimate of drug-likeness (QED) is 0.561. The van der Waals surface area contributed by atoms with E-state index in [2.05, 4.69) is 90.1 Å². The first-order chi connectivity index (χ1) is 10.2. The van der Waals surface area contributed by atoms with E-state index in [4.69, 9.17) is 0 Å². The largest absolute Gasteiger partial charge is 0.0620 e. The molecule has 0 heteroatoms. The number of benzene rings is 2. The zero-order valence-electron chi connectivity index (χ0n) is 14.8. The van der Waals surface area contributed by atoms with E-state index < -0.39 is 0 Å². The Morgan fingerprint density at radius 1 is 0.636 bits per heavy atom. The van der Waals surface area contributed by atoms with Crippen molar-refractivity contribution >= 4 is 0 Å². The van der Waals surface area contributed by atoms with Gasteiger partial charge in [0.15, 0.2) is 0 Å². The fraction of sp³-hybridized carbons (Fsp3) is 0.455. The third-order valence-electron chi connectivity index (χ3n) is 5.47. The minimum absolute atomic E-state index is 0.0193. The molecule has 0 fully saturated rings. The summed E-state index contributed by atoms with van der Waals surface area (Å²) in [4.78, 5) is 0. The van der Waals surface area contributed by atoms with Crippen molar-refractivity contribution in [3.63, 3.8) is 0 Å². The Morgan fingerprint density at radius 2 is 1.00 bits per heavy atom.